The van der Waals surface area contributed by atoms with Gasteiger partial charge in [0, 0.05) is 5.69 Å². The topological polar surface area (TPSA) is 50.4 Å². The molecule has 0 atom stereocenters. The van der Waals surface area contributed by atoms with E-state index in [1.54, 1.807) is 0 Å². The number of benzene rings is 2. The normalized spacial score (nSPS) is 34.6. The first-order valence-electron chi connectivity index (χ1n) is 10.3. The minimum absolute atomic E-state index is 0.133. The maximum atomic E-state index is 6.45. The minimum Gasteiger partial charge on any atom is -0.370 e. The Morgan fingerprint density at radius 1 is 0.962 bits per heavy atom. The third-order valence-corrected chi connectivity index (χ3v) is 7.51. The molecule has 5 aliphatic rings. The molecule has 134 valence electrons. The first-order valence-corrected chi connectivity index (χ1v) is 10.3. The summed E-state index contributed by atoms with van der Waals surface area (Å²) in [5.41, 5.74) is 10.6. The first kappa shape index (κ1) is 15.1. The second-order valence-electron chi connectivity index (χ2n) is 9.37. The molecule has 2 aromatic rings. The van der Waals surface area contributed by atoms with Gasteiger partial charge in [-0.1, -0.05) is 24.3 Å². The summed E-state index contributed by atoms with van der Waals surface area (Å²) in [6.45, 7) is 0. The van der Waals surface area contributed by atoms with E-state index in [1.165, 1.54) is 60.4 Å². The second-order valence-corrected chi connectivity index (χ2v) is 9.37. The molecule has 0 spiro atoms. The lowest BCUT2D eigenvalue weighted by molar-refractivity contribution is 0.00163. The Kier molecular flexibility index (Phi) is 3.04. The van der Waals surface area contributed by atoms with Crippen LogP contribution < -0.4 is 11.1 Å². The number of aliphatic imine (C=N–C) groups is 1. The number of anilines is 1. The fraction of sp³-hybridized carbons (Fsp3) is 0.522. The number of rotatable bonds is 2. The number of nitrogens with zero attached hydrogens (tertiary/aromatic N) is 1. The summed E-state index contributed by atoms with van der Waals surface area (Å²) < 4.78 is 0. The minimum atomic E-state index is 0.133. The lowest BCUT2D eigenvalue weighted by atomic mass is 9.53. The highest BCUT2D eigenvalue weighted by atomic mass is 15.1. The van der Waals surface area contributed by atoms with Gasteiger partial charge in [0.25, 0.3) is 0 Å². The number of hydrogen-bond donors (Lipinski definition) is 2. The number of nitrogens with one attached hydrogen (secondary N) is 1. The van der Waals surface area contributed by atoms with Crippen molar-refractivity contribution in [2.75, 3.05) is 5.32 Å². The van der Waals surface area contributed by atoms with Crippen molar-refractivity contribution in [3.05, 3.63) is 41.5 Å². The van der Waals surface area contributed by atoms with Gasteiger partial charge in [-0.2, -0.15) is 0 Å². The van der Waals surface area contributed by atoms with Gasteiger partial charge in [0.2, 0.25) is 0 Å². The van der Waals surface area contributed by atoms with E-state index in [2.05, 4.69) is 35.6 Å². The zero-order valence-corrected chi connectivity index (χ0v) is 15.3. The third kappa shape index (κ3) is 2.22. The standard InChI is InChI=1S/C23H27N3/c24-22(26-23-11-14-8-15(12-23)10-16(9-14)13-23)25-20-7-5-18-3-1-2-17-4-6-19(20)21(17)18/h1-3,5,7,14-16H,4,6,8-13H2,(H3,24,25,26). The van der Waals surface area contributed by atoms with E-state index in [-0.39, 0.29) is 5.54 Å². The van der Waals surface area contributed by atoms with E-state index in [0.29, 0.717) is 5.96 Å². The van der Waals surface area contributed by atoms with Crippen molar-refractivity contribution in [1.29, 1.82) is 0 Å². The zero-order valence-electron chi connectivity index (χ0n) is 15.3. The van der Waals surface area contributed by atoms with Crippen LogP contribution in [0.2, 0.25) is 0 Å². The number of guanidine groups is 1. The van der Waals surface area contributed by atoms with E-state index in [1.807, 2.05) is 0 Å². The van der Waals surface area contributed by atoms with Crippen molar-refractivity contribution < 1.29 is 0 Å². The van der Waals surface area contributed by atoms with Crippen molar-refractivity contribution in [2.45, 2.75) is 56.9 Å². The van der Waals surface area contributed by atoms with Crippen molar-refractivity contribution in [1.82, 2.24) is 0 Å². The van der Waals surface area contributed by atoms with Crippen LogP contribution in [0.1, 0.15) is 49.7 Å². The molecule has 3 N–H and O–H groups in total. The fourth-order valence-corrected chi connectivity index (χ4v) is 7.00. The fourth-order valence-electron chi connectivity index (χ4n) is 7.00. The second kappa shape index (κ2) is 5.25. The van der Waals surface area contributed by atoms with Crippen molar-refractivity contribution >= 4 is 22.4 Å². The predicted molar refractivity (Wildman–Crippen MR) is 108 cm³/mol. The maximum Gasteiger partial charge on any atom is 0.193 e. The molecular formula is C23H27N3. The average Bonchev–Trinajstić information content (AvgIpc) is 3.02. The van der Waals surface area contributed by atoms with Crippen LogP contribution in [-0.2, 0) is 12.8 Å². The molecule has 3 heteroatoms. The Morgan fingerprint density at radius 2 is 1.69 bits per heavy atom. The van der Waals surface area contributed by atoms with Gasteiger partial charge < -0.3 is 11.1 Å². The van der Waals surface area contributed by atoms with Gasteiger partial charge in [0.15, 0.2) is 5.96 Å². The van der Waals surface area contributed by atoms with Crippen molar-refractivity contribution in [3.8, 4) is 0 Å². The monoisotopic (exact) mass is 345 g/mol. The number of aryl methyl sites for hydroxylation is 2. The Balaban J connectivity index is 1.32. The molecular weight excluding hydrogens is 318 g/mol. The summed E-state index contributed by atoms with van der Waals surface area (Å²) in [5.74, 6) is 3.34. The van der Waals surface area contributed by atoms with Gasteiger partial charge in [0.1, 0.15) is 0 Å². The van der Waals surface area contributed by atoms with Gasteiger partial charge in [-0.05, 0) is 97.1 Å². The summed E-state index contributed by atoms with van der Waals surface area (Å²) >= 11 is 0. The molecule has 0 saturated heterocycles. The van der Waals surface area contributed by atoms with Crippen molar-refractivity contribution in [2.24, 2.45) is 28.5 Å². The highest BCUT2D eigenvalue weighted by Gasteiger charge is 2.51. The highest BCUT2D eigenvalue weighted by Crippen LogP contribution is 2.57. The van der Waals surface area contributed by atoms with Crippen LogP contribution >= 0.6 is 0 Å². The molecule has 0 aromatic heterocycles. The summed E-state index contributed by atoms with van der Waals surface area (Å²) in [6.07, 6.45) is 10.3. The third-order valence-electron chi connectivity index (χ3n) is 7.51. The molecule has 2 aromatic carbocycles. The van der Waals surface area contributed by atoms with Gasteiger partial charge in [-0.15, -0.1) is 0 Å². The Bertz CT molecular complexity index is 891. The van der Waals surface area contributed by atoms with E-state index in [0.717, 1.165) is 36.3 Å². The SMILES string of the molecule is NC(=NC12CC3CC(CC(C3)C1)C2)Nc1ccc2cccc3c2c1CC3. The van der Waals surface area contributed by atoms with Crippen LogP contribution in [-0.4, -0.2) is 11.5 Å². The zero-order chi connectivity index (χ0) is 17.3. The summed E-state index contributed by atoms with van der Waals surface area (Å²) in [4.78, 5) is 5.12. The van der Waals surface area contributed by atoms with E-state index >= 15 is 0 Å². The molecule has 0 unspecified atom stereocenters. The van der Waals surface area contributed by atoms with Crippen molar-refractivity contribution in [3.63, 3.8) is 0 Å². The smallest absolute Gasteiger partial charge is 0.193 e. The summed E-state index contributed by atoms with van der Waals surface area (Å²) in [5, 5.41) is 6.26. The van der Waals surface area contributed by atoms with E-state index in [4.69, 9.17) is 10.7 Å². The molecule has 0 amide bonds. The molecule has 4 saturated carbocycles. The van der Waals surface area contributed by atoms with Crippen LogP contribution in [0.25, 0.3) is 10.8 Å². The lowest BCUT2D eigenvalue weighted by Gasteiger charge is -2.54. The quantitative estimate of drug-likeness (QED) is 0.616. The average molecular weight is 345 g/mol. The van der Waals surface area contributed by atoms with Gasteiger partial charge in [0.05, 0.1) is 5.54 Å². The van der Waals surface area contributed by atoms with Crippen LogP contribution in [0.5, 0.6) is 0 Å². The molecule has 0 radical (unpaired) electrons. The molecule has 26 heavy (non-hydrogen) atoms. The molecule has 0 aliphatic heterocycles. The van der Waals surface area contributed by atoms with E-state index in [9.17, 15) is 0 Å². The maximum absolute atomic E-state index is 6.45. The summed E-state index contributed by atoms with van der Waals surface area (Å²) in [6, 6.07) is 11.0. The lowest BCUT2D eigenvalue weighted by Crippen LogP contribution is -2.50. The van der Waals surface area contributed by atoms with Crippen LogP contribution in [0.3, 0.4) is 0 Å². The molecule has 3 nitrogen and oxygen atoms in total. The Hall–Kier alpha value is -2.03. The Labute approximate surface area is 155 Å². The Morgan fingerprint density at radius 3 is 2.42 bits per heavy atom. The van der Waals surface area contributed by atoms with Gasteiger partial charge in [-0.25, -0.2) is 4.99 Å². The van der Waals surface area contributed by atoms with Gasteiger partial charge in [-0.3, -0.25) is 0 Å². The first-order chi connectivity index (χ1) is 12.7. The van der Waals surface area contributed by atoms with Crippen LogP contribution in [0.4, 0.5) is 5.69 Å². The molecule has 4 bridgehead atoms. The molecule has 4 fully saturated rings. The summed E-state index contributed by atoms with van der Waals surface area (Å²) in [7, 11) is 0. The van der Waals surface area contributed by atoms with Gasteiger partial charge >= 0.3 is 0 Å². The predicted octanol–water partition coefficient (Wildman–Crippen LogP) is 4.63. The number of nitrogens with two attached hydrogens (primary N) is 1. The number of hydrogen-bond acceptors (Lipinski definition) is 1. The van der Waals surface area contributed by atoms with E-state index < -0.39 is 0 Å². The van der Waals surface area contributed by atoms with Crippen LogP contribution in [0.15, 0.2) is 35.3 Å². The highest BCUT2D eigenvalue weighted by molar-refractivity contribution is 6.00. The molecule has 0 heterocycles. The molecule has 5 aliphatic carbocycles. The largest absolute Gasteiger partial charge is 0.370 e. The molecule has 7 rings (SSSR count). The van der Waals surface area contributed by atoms with Crippen LogP contribution in [0, 0.1) is 17.8 Å².